The summed E-state index contributed by atoms with van der Waals surface area (Å²) in [6, 6.07) is 1.89. The van der Waals surface area contributed by atoms with E-state index in [1.54, 1.807) is 0 Å². The van der Waals surface area contributed by atoms with Gasteiger partial charge < -0.3 is 5.73 Å². The van der Waals surface area contributed by atoms with Crippen molar-refractivity contribution >= 4 is 5.82 Å². The molecule has 2 rings (SSSR count). The zero-order valence-electron chi connectivity index (χ0n) is 6.54. The van der Waals surface area contributed by atoms with Crippen molar-refractivity contribution in [1.29, 1.82) is 0 Å². The molecule has 0 atom stereocenters. The van der Waals surface area contributed by atoms with Crippen molar-refractivity contribution in [3.05, 3.63) is 17.3 Å². The molecular weight excluding hydrogens is 138 g/mol. The molecule has 0 radical (unpaired) electrons. The summed E-state index contributed by atoms with van der Waals surface area (Å²) < 4.78 is 0. The molecule has 0 spiro atoms. The maximum Gasteiger partial charge on any atom is 0.146 e. The van der Waals surface area contributed by atoms with Crippen LogP contribution in [0.3, 0.4) is 0 Å². The molecule has 2 N–H and O–H groups in total. The highest BCUT2D eigenvalue weighted by Gasteiger charge is 2.26. The summed E-state index contributed by atoms with van der Waals surface area (Å²) in [5, 5.41) is 7.89. The molecule has 1 saturated carbocycles. The summed E-state index contributed by atoms with van der Waals surface area (Å²) in [4.78, 5) is 0. The van der Waals surface area contributed by atoms with Gasteiger partial charge >= 0.3 is 0 Å². The third-order valence-electron chi connectivity index (χ3n) is 2.01. The quantitative estimate of drug-likeness (QED) is 0.653. The highest BCUT2D eigenvalue weighted by atomic mass is 15.1. The zero-order chi connectivity index (χ0) is 7.84. The van der Waals surface area contributed by atoms with E-state index in [1.165, 1.54) is 18.4 Å². The Morgan fingerprint density at radius 2 is 2.18 bits per heavy atom. The Balaban J connectivity index is 2.39. The number of rotatable bonds is 1. The number of hydrogen-bond donors (Lipinski definition) is 1. The van der Waals surface area contributed by atoms with E-state index in [2.05, 4.69) is 10.2 Å². The summed E-state index contributed by atoms with van der Waals surface area (Å²) >= 11 is 0. The molecule has 0 saturated heterocycles. The predicted octanol–water partition coefficient (Wildman–Crippen LogP) is 1.24. The Hall–Kier alpha value is -1.12. The molecule has 1 aromatic rings. The van der Waals surface area contributed by atoms with Crippen LogP contribution in [0.25, 0.3) is 0 Å². The molecule has 1 fully saturated rings. The van der Waals surface area contributed by atoms with Gasteiger partial charge in [-0.25, -0.2) is 0 Å². The van der Waals surface area contributed by atoms with Crippen LogP contribution in [0.1, 0.15) is 30.0 Å². The van der Waals surface area contributed by atoms with Gasteiger partial charge in [0, 0.05) is 5.92 Å². The molecule has 0 amide bonds. The standard InChI is InChI=1S/C8H11N3/c1-5-4-7(9)10-11-8(5)6-2-3-6/h4,6H,2-3H2,1H3,(H2,9,10). The van der Waals surface area contributed by atoms with Gasteiger partial charge in [-0.15, -0.1) is 5.10 Å². The average Bonchev–Trinajstić information content (AvgIpc) is 2.70. The largest absolute Gasteiger partial charge is 0.382 e. The maximum absolute atomic E-state index is 5.47. The number of nitrogen functional groups attached to an aromatic ring is 1. The van der Waals surface area contributed by atoms with Crippen molar-refractivity contribution < 1.29 is 0 Å². The zero-order valence-corrected chi connectivity index (χ0v) is 6.54. The Morgan fingerprint density at radius 3 is 2.73 bits per heavy atom. The molecule has 0 unspecified atom stereocenters. The third-order valence-corrected chi connectivity index (χ3v) is 2.01. The van der Waals surface area contributed by atoms with Gasteiger partial charge in [0.25, 0.3) is 0 Å². The number of hydrogen-bond acceptors (Lipinski definition) is 3. The molecule has 1 aliphatic carbocycles. The van der Waals surface area contributed by atoms with E-state index in [0.717, 1.165) is 5.69 Å². The average molecular weight is 149 g/mol. The van der Waals surface area contributed by atoms with Crippen LogP contribution in [0.5, 0.6) is 0 Å². The molecule has 0 aliphatic heterocycles. The van der Waals surface area contributed by atoms with Crippen molar-refractivity contribution in [2.24, 2.45) is 0 Å². The Bertz CT molecular complexity index is 279. The van der Waals surface area contributed by atoms with E-state index >= 15 is 0 Å². The van der Waals surface area contributed by atoms with Crippen molar-refractivity contribution in [2.45, 2.75) is 25.7 Å². The Kier molecular flexibility index (Phi) is 1.31. The minimum atomic E-state index is 0.520. The number of aromatic nitrogens is 2. The highest BCUT2D eigenvalue weighted by Crippen LogP contribution is 2.40. The predicted molar refractivity (Wildman–Crippen MR) is 43.2 cm³/mol. The van der Waals surface area contributed by atoms with Crippen molar-refractivity contribution in [1.82, 2.24) is 10.2 Å². The van der Waals surface area contributed by atoms with Gasteiger partial charge in [0.05, 0.1) is 5.69 Å². The monoisotopic (exact) mass is 149 g/mol. The van der Waals surface area contributed by atoms with Crippen LogP contribution in [0.2, 0.25) is 0 Å². The third kappa shape index (κ3) is 1.18. The second kappa shape index (κ2) is 2.19. The van der Waals surface area contributed by atoms with Crippen LogP contribution in [-0.2, 0) is 0 Å². The van der Waals surface area contributed by atoms with Gasteiger partial charge in [-0.1, -0.05) is 0 Å². The number of aryl methyl sites for hydroxylation is 1. The van der Waals surface area contributed by atoms with Crippen LogP contribution in [0.4, 0.5) is 5.82 Å². The van der Waals surface area contributed by atoms with E-state index < -0.39 is 0 Å². The Morgan fingerprint density at radius 1 is 1.45 bits per heavy atom. The van der Waals surface area contributed by atoms with E-state index in [9.17, 15) is 0 Å². The minimum absolute atomic E-state index is 0.520. The van der Waals surface area contributed by atoms with Gasteiger partial charge in [0.15, 0.2) is 0 Å². The van der Waals surface area contributed by atoms with Gasteiger partial charge in [0.1, 0.15) is 5.82 Å². The van der Waals surface area contributed by atoms with E-state index in [1.807, 2.05) is 13.0 Å². The molecule has 3 nitrogen and oxygen atoms in total. The first-order chi connectivity index (χ1) is 5.27. The minimum Gasteiger partial charge on any atom is -0.382 e. The van der Waals surface area contributed by atoms with Gasteiger partial charge in [-0.2, -0.15) is 5.10 Å². The Labute approximate surface area is 65.6 Å². The van der Waals surface area contributed by atoms with E-state index in [4.69, 9.17) is 5.73 Å². The lowest BCUT2D eigenvalue weighted by Crippen LogP contribution is -1.99. The number of nitrogens with two attached hydrogens (primary N) is 1. The normalized spacial score (nSPS) is 16.8. The van der Waals surface area contributed by atoms with Crippen molar-refractivity contribution in [3.8, 4) is 0 Å². The fraction of sp³-hybridized carbons (Fsp3) is 0.500. The topological polar surface area (TPSA) is 51.8 Å². The molecular formula is C8H11N3. The first kappa shape index (κ1) is 6.58. The first-order valence-corrected chi connectivity index (χ1v) is 3.87. The number of nitrogens with zero attached hydrogens (tertiary/aromatic N) is 2. The van der Waals surface area contributed by atoms with Crippen LogP contribution >= 0.6 is 0 Å². The molecule has 0 bridgehead atoms. The van der Waals surface area contributed by atoms with Crippen LogP contribution < -0.4 is 5.73 Å². The molecule has 1 heterocycles. The molecule has 3 heteroatoms. The molecule has 1 aromatic heterocycles. The molecule has 1 aliphatic rings. The second-order valence-corrected chi connectivity index (χ2v) is 3.11. The molecule has 58 valence electrons. The van der Waals surface area contributed by atoms with Crippen molar-refractivity contribution in [2.75, 3.05) is 5.73 Å². The van der Waals surface area contributed by atoms with E-state index in [0.29, 0.717) is 11.7 Å². The van der Waals surface area contributed by atoms with Crippen molar-refractivity contribution in [3.63, 3.8) is 0 Å². The van der Waals surface area contributed by atoms with Crippen LogP contribution in [0, 0.1) is 6.92 Å². The van der Waals surface area contributed by atoms with Gasteiger partial charge in [-0.05, 0) is 31.4 Å². The summed E-state index contributed by atoms with van der Waals surface area (Å²) in [5.41, 5.74) is 7.79. The fourth-order valence-corrected chi connectivity index (χ4v) is 1.28. The number of anilines is 1. The van der Waals surface area contributed by atoms with Crippen LogP contribution in [0.15, 0.2) is 6.07 Å². The summed E-state index contributed by atoms with van der Waals surface area (Å²) in [6.07, 6.45) is 2.53. The SMILES string of the molecule is Cc1cc(N)nnc1C1CC1. The lowest BCUT2D eigenvalue weighted by Gasteiger charge is -2.00. The van der Waals surface area contributed by atoms with Gasteiger partial charge in [0.2, 0.25) is 0 Å². The van der Waals surface area contributed by atoms with Gasteiger partial charge in [-0.3, -0.25) is 0 Å². The van der Waals surface area contributed by atoms with E-state index in [-0.39, 0.29) is 0 Å². The smallest absolute Gasteiger partial charge is 0.146 e. The second-order valence-electron chi connectivity index (χ2n) is 3.11. The lowest BCUT2D eigenvalue weighted by molar-refractivity contribution is 0.899. The molecule has 0 aromatic carbocycles. The van der Waals surface area contributed by atoms with Crippen LogP contribution in [-0.4, -0.2) is 10.2 Å². The fourth-order valence-electron chi connectivity index (χ4n) is 1.28. The highest BCUT2D eigenvalue weighted by molar-refractivity contribution is 5.34. The summed E-state index contributed by atoms with van der Waals surface area (Å²) in [7, 11) is 0. The maximum atomic E-state index is 5.47. The summed E-state index contributed by atoms with van der Waals surface area (Å²) in [6.45, 7) is 2.04. The molecule has 11 heavy (non-hydrogen) atoms. The lowest BCUT2D eigenvalue weighted by atomic mass is 10.2. The first-order valence-electron chi connectivity index (χ1n) is 3.87. The summed E-state index contributed by atoms with van der Waals surface area (Å²) in [5.74, 6) is 1.19.